The largest absolute Gasteiger partial charge is 0.383 e. The van der Waals surface area contributed by atoms with Gasteiger partial charge in [0.25, 0.3) is 0 Å². The first-order valence-electron chi connectivity index (χ1n) is 6.46. The average molecular weight is 295 g/mol. The molecule has 0 radical (unpaired) electrons. The third kappa shape index (κ3) is 3.49. The molecule has 5 nitrogen and oxygen atoms in total. The lowest BCUT2D eigenvalue weighted by atomic mass is 10.1. The SMILES string of the molecule is COC(C)(C)CCNc1cccc(Cl)c1-n1cncn1. The number of hydrogen-bond donors (Lipinski definition) is 1. The van der Waals surface area contributed by atoms with Crippen molar-refractivity contribution in [1.82, 2.24) is 14.8 Å². The van der Waals surface area contributed by atoms with Crippen LogP contribution in [-0.2, 0) is 4.74 Å². The van der Waals surface area contributed by atoms with Crippen LogP contribution in [0.1, 0.15) is 20.3 Å². The Morgan fingerprint density at radius 3 is 2.85 bits per heavy atom. The van der Waals surface area contributed by atoms with Gasteiger partial charge in [0.1, 0.15) is 18.3 Å². The summed E-state index contributed by atoms with van der Waals surface area (Å²) in [6.07, 6.45) is 4.00. The summed E-state index contributed by atoms with van der Waals surface area (Å²) in [7, 11) is 1.72. The quantitative estimate of drug-likeness (QED) is 0.889. The minimum absolute atomic E-state index is 0.154. The molecular weight excluding hydrogens is 276 g/mol. The third-order valence-corrected chi connectivity index (χ3v) is 3.53. The number of halogens is 1. The molecule has 1 N–H and O–H groups in total. The first kappa shape index (κ1) is 14.8. The lowest BCUT2D eigenvalue weighted by molar-refractivity contribution is 0.0185. The number of anilines is 1. The highest BCUT2D eigenvalue weighted by Crippen LogP contribution is 2.28. The molecular formula is C14H19ClN4O. The van der Waals surface area contributed by atoms with Crippen molar-refractivity contribution in [2.24, 2.45) is 0 Å². The van der Waals surface area contributed by atoms with E-state index in [0.717, 1.165) is 24.3 Å². The molecule has 0 bridgehead atoms. The van der Waals surface area contributed by atoms with Crippen molar-refractivity contribution in [2.45, 2.75) is 25.9 Å². The van der Waals surface area contributed by atoms with Gasteiger partial charge in [-0.1, -0.05) is 17.7 Å². The fourth-order valence-corrected chi connectivity index (χ4v) is 2.08. The minimum atomic E-state index is -0.154. The minimum Gasteiger partial charge on any atom is -0.383 e. The number of benzene rings is 1. The summed E-state index contributed by atoms with van der Waals surface area (Å²) in [5.41, 5.74) is 1.58. The topological polar surface area (TPSA) is 52.0 Å². The van der Waals surface area contributed by atoms with Crippen molar-refractivity contribution >= 4 is 17.3 Å². The first-order chi connectivity index (χ1) is 9.53. The monoisotopic (exact) mass is 294 g/mol. The average Bonchev–Trinajstić information content (AvgIpc) is 2.92. The zero-order chi connectivity index (χ0) is 14.6. The summed E-state index contributed by atoms with van der Waals surface area (Å²) in [5, 5.41) is 8.15. The fraction of sp³-hybridized carbons (Fsp3) is 0.429. The van der Waals surface area contributed by atoms with E-state index in [1.54, 1.807) is 18.1 Å². The number of para-hydroxylation sites is 1. The number of aromatic nitrogens is 3. The Kier molecular flexibility index (Phi) is 4.62. The van der Waals surface area contributed by atoms with E-state index >= 15 is 0 Å². The molecule has 1 aromatic carbocycles. The van der Waals surface area contributed by atoms with E-state index in [2.05, 4.69) is 29.2 Å². The molecule has 0 amide bonds. The maximum absolute atomic E-state index is 6.26. The maximum atomic E-state index is 6.26. The lowest BCUT2D eigenvalue weighted by Crippen LogP contribution is -2.26. The number of methoxy groups -OCH3 is 1. The normalized spacial score (nSPS) is 11.6. The highest BCUT2D eigenvalue weighted by molar-refractivity contribution is 6.33. The van der Waals surface area contributed by atoms with Crippen molar-refractivity contribution in [3.8, 4) is 5.69 Å². The zero-order valence-corrected chi connectivity index (χ0v) is 12.7. The Bertz CT molecular complexity index is 554. The van der Waals surface area contributed by atoms with Crippen LogP contribution < -0.4 is 5.32 Å². The highest BCUT2D eigenvalue weighted by atomic mass is 35.5. The van der Waals surface area contributed by atoms with Crippen molar-refractivity contribution in [1.29, 1.82) is 0 Å². The Labute approximate surface area is 123 Å². The Hall–Kier alpha value is -1.59. The van der Waals surface area contributed by atoms with Gasteiger partial charge in [-0.15, -0.1) is 0 Å². The molecule has 0 saturated heterocycles. The van der Waals surface area contributed by atoms with Crippen LogP contribution in [0.4, 0.5) is 5.69 Å². The summed E-state index contributed by atoms with van der Waals surface area (Å²) < 4.78 is 7.07. The van der Waals surface area contributed by atoms with E-state index in [4.69, 9.17) is 16.3 Å². The smallest absolute Gasteiger partial charge is 0.138 e. The van der Waals surface area contributed by atoms with E-state index in [-0.39, 0.29) is 5.60 Å². The van der Waals surface area contributed by atoms with Gasteiger partial charge in [-0.3, -0.25) is 0 Å². The van der Waals surface area contributed by atoms with Crippen LogP contribution in [0.3, 0.4) is 0 Å². The first-order valence-corrected chi connectivity index (χ1v) is 6.84. The summed E-state index contributed by atoms with van der Waals surface area (Å²) >= 11 is 6.26. The molecule has 0 aliphatic heterocycles. The summed E-state index contributed by atoms with van der Waals surface area (Å²) in [6, 6.07) is 5.72. The van der Waals surface area contributed by atoms with Gasteiger partial charge in [0.05, 0.1) is 16.3 Å². The molecule has 6 heteroatoms. The number of rotatable bonds is 6. The van der Waals surface area contributed by atoms with Crippen molar-refractivity contribution in [3.05, 3.63) is 35.9 Å². The number of hydrogen-bond acceptors (Lipinski definition) is 4. The molecule has 1 aromatic heterocycles. The van der Waals surface area contributed by atoms with Crippen molar-refractivity contribution < 1.29 is 4.74 Å². The van der Waals surface area contributed by atoms with Gasteiger partial charge in [-0.05, 0) is 32.4 Å². The molecule has 0 fully saturated rings. The predicted octanol–water partition coefficient (Wildman–Crippen LogP) is 3.15. The second-order valence-electron chi connectivity index (χ2n) is 5.12. The van der Waals surface area contributed by atoms with Crippen LogP contribution in [-0.4, -0.2) is 34.0 Å². The maximum Gasteiger partial charge on any atom is 0.138 e. The molecule has 2 aromatic rings. The van der Waals surface area contributed by atoms with E-state index < -0.39 is 0 Å². The lowest BCUT2D eigenvalue weighted by Gasteiger charge is -2.23. The van der Waals surface area contributed by atoms with Gasteiger partial charge in [0.2, 0.25) is 0 Å². The molecule has 2 rings (SSSR count). The molecule has 20 heavy (non-hydrogen) atoms. The van der Waals surface area contributed by atoms with Gasteiger partial charge in [-0.25, -0.2) is 9.67 Å². The number of nitrogens with zero attached hydrogens (tertiary/aromatic N) is 3. The zero-order valence-electron chi connectivity index (χ0n) is 11.9. The second-order valence-corrected chi connectivity index (χ2v) is 5.52. The van der Waals surface area contributed by atoms with Crippen LogP contribution >= 0.6 is 11.6 Å². The van der Waals surface area contributed by atoms with Crippen LogP contribution in [0, 0.1) is 0 Å². The van der Waals surface area contributed by atoms with E-state index in [0.29, 0.717) is 5.02 Å². The number of nitrogens with one attached hydrogen (secondary N) is 1. The van der Waals surface area contributed by atoms with E-state index in [1.807, 2.05) is 18.2 Å². The summed E-state index contributed by atoms with van der Waals surface area (Å²) in [4.78, 5) is 3.96. The highest BCUT2D eigenvalue weighted by Gasteiger charge is 2.16. The second kappa shape index (κ2) is 6.24. The van der Waals surface area contributed by atoms with Crippen molar-refractivity contribution in [2.75, 3.05) is 19.0 Å². The third-order valence-electron chi connectivity index (χ3n) is 3.23. The molecule has 1 heterocycles. The Morgan fingerprint density at radius 1 is 1.40 bits per heavy atom. The van der Waals surface area contributed by atoms with Crippen LogP contribution in [0.15, 0.2) is 30.9 Å². The van der Waals surface area contributed by atoms with Gasteiger partial charge < -0.3 is 10.1 Å². The van der Waals surface area contributed by atoms with Crippen LogP contribution in [0.2, 0.25) is 5.02 Å². The number of ether oxygens (including phenoxy) is 1. The Balaban J connectivity index is 2.15. The molecule has 0 unspecified atom stereocenters. The molecule has 108 valence electrons. The molecule has 0 aliphatic rings. The molecule has 0 aliphatic carbocycles. The summed E-state index contributed by atoms with van der Waals surface area (Å²) in [6.45, 7) is 4.90. The standard InChI is InChI=1S/C14H19ClN4O/c1-14(2,20-3)7-8-17-12-6-4-5-11(15)13(12)19-10-16-9-18-19/h4-6,9-10,17H,7-8H2,1-3H3. The molecule has 0 spiro atoms. The van der Waals surface area contributed by atoms with E-state index in [1.165, 1.54) is 6.33 Å². The Morgan fingerprint density at radius 2 is 2.20 bits per heavy atom. The summed E-state index contributed by atoms with van der Waals surface area (Å²) in [5.74, 6) is 0. The fourth-order valence-electron chi connectivity index (χ4n) is 1.81. The van der Waals surface area contributed by atoms with Gasteiger partial charge in [-0.2, -0.15) is 5.10 Å². The van der Waals surface area contributed by atoms with Crippen molar-refractivity contribution in [3.63, 3.8) is 0 Å². The predicted molar refractivity (Wildman–Crippen MR) is 80.6 cm³/mol. The molecule has 0 atom stereocenters. The van der Waals surface area contributed by atoms with Gasteiger partial charge in [0, 0.05) is 13.7 Å². The van der Waals surface area contributed by atoms with Crippen LogP contribution in [0.5, 0.6) is 0 Å². The van der Waals surface area contributed by atoms with Gasteiger partial charge >= 0.3 is 0 Å². The van der Waals surface area contributed by atoms with Gasteiger partial charge in [0.15, 0.2) is 0 Å². The van der Waals surface area contributed by atoms with Crippen LogP contribution in [0.25, 0.3) is 5.69 Å². The van der Waals surface area contributed by atoms with E-state index in [9.17, 15) is 0 Å². The molecule has 0 saturated carbocycles.